The van der Waals surface area contributed by atoms with E-state index in [-0.39, 0.29) is 5.92 Å². The van der Waals surface area contributed by atoms with Crippen molar-refractivity contribution < 1.29 is 14.4 Å². The molecule has 0 radical (unpaired) electrons. The Kier molecular flexibility index (Phi) is 4.58. The maximum absolute atomic E-state index is 11.2. The molecule has 1 aliphatic rings. The van der Waals surface area contributed by atoms with E-state index in [9.17, 15) is 9.90 Å². The topological polar surface area (TPSA) is 92.4 Å². The molecule has 0 atom stereocenters. The second-order valence-corrected chi connectivity index (χ2v) is 6.77. The minimum atomic E-state index is -0.726. The number of anilines is 1. The predicted molar refractivity (Wildman–Crippen MR) is 100 cm³/mol. The summed E-state index contributed by atoms with van der Waals surface area (Å²) in [5.41, 5.74) is 2.79. The van der Waals surface area contributed by atoms with E-state index < -0.39 is 5.97 Å². The van der Waals surface area contributed by atoms with E-state index in [1.807, 2.05) is 43.3 Å². The van der Waals surface area contributed by atoms with Crippen molar-refractivity contribution in [3.05, 3.63) is 48.2 Å². The number of piperidine rings is 1. The summed E-state index contributed by atoms with van der Waals surface area (Å²) < 4.78 is 5.51. The summed E-state index contributed by atoms with van der Waals surface area (Å²) in [7, 11) is 0. The SMILES string of the molecule is Cc1cccc(-c2noc(-c3cccnc3N3CCC(C(=O)O)CC3)n2)c1. The van der Waals surface area contributed by atoms with Crippen LogP contribution in [0.5, 0.6) is 0 Å². The van der Waals surface area contributed by atoms with Gasteiger partial charge in [-0.2, -0.15) is 4.98 Å². The lowest BCUT2D eigenvalue weighted by Crippen LogP contribution is -2.37. The molecule has 1 saturated heterocycles. The molecule has 7 heteroatoms. The number of carboxylic acids is 1. The van der Waals surface area contributed by atoms with Gasteiger partial charge < -0.3 is 14.5 Å². The third-order valence-corrected chi connectivity index (χ3v) is 4.86. The summed E-state index contributed by atoms with van der Waals surface area (Å²) in [6, 6.07) is 11.7. The Morgan fingerprint density at radius 1 is 1.22 bits per heavy atom. The highest BCUT2D eigenvalue weighted by atomic mass is 16.5. The molecule has 0 unspecified atom stereocenters. The molecule has 0 spiro atoms. The zero-order valence-electron chi connectivity index (χ0n) is 15.0. The number of aliphatic carboxylic acids is 1. The number of nitrogens with zero attached hydrogens (tertiary/aromatic N) is 4. The lowest BCUT2D eigenvalue weighted by atomic mass is 9.97. The fraction of sp³-hybridized carbons (Fsp3) is 0.300. The van der Waals surface area contributed by atoms with Gasteiger partial charge in [-0.3, -0.25) is 4.79 Å². The fourth-order valence-corrected chi connectivity index (χ4v) is 3.39. The van der Waals surface area contributed by atoms with Gasteiger partial charge in [0.25, 0.3) is 5.89 Å². The summed E-state index contributed by atoms with van der Waals surface area (Å²) >= 11 is 0. The highest BCUT2D eigenvalue weighted by Crippen LogP contribution is 2.31. The maximum atomic E-state index is 11.2. The van der Waals surface area contributed by atoms with Crippen LogP contribution < -0.4 is 4.90 Å². The van der Waals surface area contributed by atoms with Gasteiger partial charge in [-0.05, 0) is 38.0 Å². The van der Waals surface area contributed by atoms with Crippen LogP contribution in [0.3, 0.4) is 0 Å². The van der Waals surface area contributed by atoms with E-state index >= 15 is 0 Å². The molecule has 4 rings (SSSR count). The molecule has 1 aromatic carbocycles. The number of benzene rings is 1. The first-order valence-corrected chi connectivity index (χ1v) is 8.95. The third kappa shape index (κ3) is 3.53. The number of aromatic nitrogens is 3. The van der Waals surface area contributed by atoms with E-state index in [1.54, 1.807) is 6.20 Å². The summed E-state index contributed by atoms with van der Waals surface area (Å²) in [5, 5.41) is 13.3. The van der Waals surface area contributed by atoms with Gasteiger partial charge >= 0.3 is 5.97 Å². The minimum absolute atomic E-state index is 0.287. The Labute approximate surface area is 156 Å². The van der Waals surface area contributed by atoms with E-state index in [2.05, 4.69) is 20.0 Å². The number of rotatable bonds is 4. The first-order chi connectivity index (χ1) is 13.1. The number of carbonyl (C=O) groups is 1. The predicted octanol–water partition coefficient (Wildman–Crippen LogP) is 3.41. The van der Waals surface area contributed by atoms with Crippen molar-refractivity contribution in [2.24, 2.45) is 5.92 Å². The Morgan fingerprint density at radius 3 is 2.78 bits per heavy atom. The van der Waals surface area contributed by atoms with Crippen LogP contribution in [0.1, 0.15) is 18.4 Å². The van der Waals surface area contributed by atoms with Gasteiger partial charge in [0.15, 0.2) is 0 Å². The first kappa shape index (κ1) is 17.2. The molecular weight excluding hydrogens is 344 g/mol. The average molecular weight is 364 g/mol. The van der Waals surface area contributed by atoms with Gasteiger partial charge in [-0.1, -0.05) is 28.9 Å². The zero-order chi connectivity index (χ0) is 18.8. The molecule has 0 saturated carbocycles. The van der Waals surface area contributed by atoms with Crippen molar-refractivity contribution in [1.29, 1.82) is 0 Å². The van der Waals surface area contributed by atoms with Crippen LogP contribution in [0, 0.1) is 12.8 Å². The standard InChI is InChI=1S/C20H20N4O3/c1-13-4-2-5-15(12-13)17-22-19(27-23-17)16-6-3-9-21-18(16)24-10-7-14(8-11-24)20(25)26/h2-6,9,12,14H,7-8,10-11H2,1H3,(H,25,26). The number of carboxylic acid groups (broad SMARTS) is 1. The van der Waals surface area contributed by atoms with Gasteiger partial charge in [0, 0.05) is 24.8 Å². The van der Waals surface area contributed by atoms with E-state index in [1.165, 1.54) is 0 Å². The van der Waals surface area contributed by atoms with Crippen LogP contribution in [-0.4, -0.2) is 39.3 Å². The lowest BCUT2D eigenvalue weighted by molar-refractivity contribution is -0.142. The monoisotopic (exact) mass is 364 g/mol. The molecule has 7 nitrogen and oxygen atoms in total. The van der Waals surface area contributed by atoms with Crippen molar-refractivity contribution in [3.8, 4) is 22.8 Å². The van der Waals surface area contributed by atoms with Crippen molar-refractivity contribution in [1.82, 2.24) is 15.1 Å². The smallest absolute Gasteiger partial charge is 0.306 e. The highest BCUT2D eigenvalue weighted by Gasteiger charge is 2.27. The van der Waals surface area contributed by atoms with Crippen molar-refractivity contribution in [2.75, 3.05) is 18.0 Å². The Hall–Kier alpha value is -3.22. The quantitative estimate of drug-likeness (QED) is 0.758. The number of pyridine rings is 1. The van der Waals surface area contributed by atoms with Gasteiger partial charge in [0.05, 0.1) is 11.5 Å². The second kappa shape index (κ2) is 7.19. The molecule has 1 fully saturated rings. The summed E-state index contributed by atoms with van der Waals surface area (Å²) in [6.45, 7) is 3.30. The summed E-state index contributed by atoms with van der Waals surface area (Å²) in [6.07, 6.45) is 2.92. The molecule has 3 heterocycles. The molecule has 27 heavy (non-hydrogen) atoms. The van der Waals surface area contributed by atoms with Gasteiger partial charge in [0.1, 0.15) is 5.82 Å². The van der Waals surface area contributed by atoms with Crippen molar-refractivity contribution in [2.45, 2.75) is 19.8 Å². The van der Waals surface area contributed by atoms with Crippen LogP contribution in [0.25, 0.3) is 22.8 Å². The number of aryl methyl sites for hydroxylation is 1. The maximum Gasteiger partial charge on any atom is 0.306 e. The zero-order valence-corrected chi connectivity index (χ0v) is 15.0. The van der Waals surface area contributed by atoms with Crippen molar-refractivity contribution in [3.63, 3.8) is 0 Å². The van der Waals surface area contributed by atoms with Crippen LogP contribution in [-0.2, 0) is 4.79 Å². The van der Waals surface area contributed by atoms with Gasteiger partial charge in [0.2, 0.25) is 5.82 Å². The fourth-order valence-electron chi connectivity index (χ4n) is 3.39. The molecule has 138 valence electrons. The van der Waals surface area contributed by atoms with E-state index in [0.29, 0.717) is 37.6 Å². The van der Waals surface area contributed by atoms with E-state index in [0.717, 1.165) is 22.5 Å². The Bertz CT molecular complexity index is 961. The van der Waals surface area contributed by atoms with Gasteiger partial charge in [-0.25, -0.2) is 4.98 Å². The average Bonchev–Trinajstić information content (AvgIpc) is 3.18. The molecule has 0 amide bonds. The van der Waals surface area contributed by atoms with Crippen LogP contribution >= 0.6 is 0 Å². The molecule has 3 aromatic rings. The van der Waals surface area contributed by atoms with Crippen LogP contribution in [0.4, 0.5) is 5.82 Å². The molecule has 2 aromatic heterocycles. The second-order valence-electron chi connectivity index (χ2n) is 6.77. The largest absolute Gasteiger partial charge is 0.481 e. The number of hydrogen-bond acceptors (Lipinski definition) is 6. The normalized spacial score (nSPS) is 15.1. The highest BCUT2D eigenvalue weighted by molar-refractivity contribution is 5.73. The lowest BCUT2D eigenvalue weighted by Gasteiger charge is -2.31. The Balaban J connectivity index is 1.62. The molecule has 1 N–H and O–H groups in total. The van der Waals surface area contributed by atoms with Crippen molar-refractivity contribution >= 4 is 11.8 Å². The molecular formula is C20H20N4O3. The van der Waals surface area contributed by atoms with Gasteiger partial charge in [-0.15, -0.1) is 0 Å². The molecule has 0 bridgehead atoms. The Morgan fingerprint density at radius 2 is 2.04 bits per heavy atom. The summed E-state index contributed by atoms with van der Waals surface area (Å²) in [4.78, 5) is 22.3. The van der Waals surface area contributed by atoms with E-state index in [4.69, 9.17) is 4.52 Å². The summed E-state index contributed by atoms with van der Waals surface area (Å²) in [5.74, 6) is 0.684. The number of hydrogen-bond donors (Lipinski definition) is 1. The van der Waals surface area contributed by atoms with Crippen LogP contribution in [0.2, 0.25) is 0 Å². The molecule has 1 aliphatic heterocycles. The first-order valence-electron chi connectivity index (χ1n) is 8.95. The van der Waals surface area contributed by atoms with Crippen LogP contribution in [0.15, 0.2) is 47.1 Å². The molecule has 0 aliphatic carbocycles. The minimum Gasteiger partial charge on any atom is -0.481 e. The third-order valence-electron chi connectivity index (χ3n) is 4.86.